The molecule has 1 rings (SSSR count). The molecular formula is C8H13N. The molecule has 0 spiro atoms. The van der Waals surface area contributed by atoms with Crippen LogP contribution in [0.15, 0.2) is 16.8 Å². The smallest absolute Gasteiger partial charge is 0.0391 e. The summed E-state index contributed by atoms with van der Waals surface area (Å²) in [5.74, 6) is 0.718. The van der Waals surface area contributed by atoms with Crippen LogP contribution in [0.5, 0.6) is 0 Å². The Morgan fingerprint density at radius 3 is 3.11 bits per heavy atom. The van der Waals surface area contributed by atoms with Gasteiger partial charge in [-0.25, -0.2) is 0 Å². The lowest BCUT2D eigenvalue weighted by molar-refractivity contribution is 0.637. The summed E-state index contributed by atoms with van der Waals surface area (Å²) in [4.78, 5) is 4.24. The molecule has 0 saturated heterocycles. The Morgan fingerprint density at radius 2 is 2.67 bits per heavy atom. The SMILES string of the molecule is C/C=C1\N=CCC1CC. The summed E-state index contributed by atoms with van der Waals surface area (Å²) in [6.07, 6.45) is 6.50. The summed E-state index contributed by atoms with van der Waals surface area (Å²) in [6.45, 7) is 4.27. The fourth-order valence-electron chi connectivity index (χ4n) is 1.20. The molecule has 50 valence electrons. The summed E-state index contributed by atoms with van der Waals surface area (Å²) < 4.78 is 0. The second-order valence-corrected chi connectivity index (χ2v) is 2.37. The number of hydrogen-bond donors (Lipinski definition) is 0. The molecule has 0 bridgehead atoms. The van der Waals surface area contributed by atoms with E-state index in [4.69, 9.17) is 0 Å². The number of nitrogens with zero attached hydrogens (tertiary/aromatic N) is 1. The summed E-state index contributed by atoms with van der Waals surface area (Å²) >= 11 is 0. The molecule has 9 heavy (non-hydrogen) atoms. The maximum atomic E-state index is 4.24. The molecule has 1 nitrogen and oxygen atoms in total. The van der Waals surface area contributed by atoms with Gasteiger partial charge in [0.15, 0.2) is 0 Å². The van der Waals surface area contributed by atoms with Gasteiger partial charge in [-0.3, -0.25) is 4.99 Å². The lowest BCUT2D eigenvalue weighted by atomic mass is 10.0. The molecule has 1 heterocycles. The van der Waals surface area contributed by atoms with Crippen LogP contribution in [0.3, 0.4) is 0 Å². The van der Waals surface area contributed by atoms with Crippen LogP contribution in [-0.4, -0.2) is 6.21 Å². The van der Waals surface area contributed by atoms with Crippen LogP contribution in [0.2, 0.25) is 0 Å². The molecule has 1 aliphatic heterocycles. The van der Waals surface area contributed by atoms with E-state index in [1.54, 1.807) is 0 Å². The van der Waals surface area contributed by atoms with Crippen molar-refractivity contribution in [2.45, 2.75) is 26.7 Å². The van der Waals surface area contributed by atoms with E-state index in [0.29, 0.717) is 0 Å². The lowest BCUT2D eigenvalue weighted by Gasteiger charge is -2.04. The second-order valence-electron chi connectivity index (χ2n) is 2.37. The van der Waals surface area contributed by atoms with Gasteiger partial charge in [-0.15, -0.1) is 0 Å². The predicted molar refractivity (Wildman–Crippen MR) is 40.6 cm³/mol. The topological polar surface area (TPSA) is 12.4 Å². The van der Waals surface area contributed by atoms with Crippen molar-refractivity contribution < 1.29 is 0 Å². The second kappa shape index (κ2) is 2.81. The standard InChI is InChI=1S/C8H13N/c1-3-7-5-6-9-8(7)4-2/h4,6-7H,3,5H2,1-2H3/b8-4-. The van der Waals surface area contributed by atoms with E-state index in [1.165, 1.54) is 12.1 Å². The third kappa shape index (κ3) is 1.21. The van der Waals surface area contributed by atoms with Crippen LogP contribution in [0.25, 0.3) is 0 Å². The zero-order valence-electron chi connectivity index (χ0n) is 6.09. The Kier molecular flexibility index (Phi) is 2.04. The normalized spacial score (nSPS) is 30.0. The van der Waals surface area contributed by atoms with Gasteiger partial charge < -0.3 is 0 Å². The van der Waals surface area contributed by atoms with Crippen molar-refractivity contribution in [1.82, 2.24) is 0 Å². The first-order valence-electron chi connectivity index (χ1n) is 3.57. The maximum absolute atomic E-state index is 4.24. The average molecular weight is 123 g/mol. The molecule has 0 aromatic heterocycles. The van der Waals surface area contributed by atoms with Gasteiger partial charge in [-0.2, -0.15) is 0 Å². The largest absolute Gasteiger partial charge is 0.266 e. The predicted octanol–water partition coefficient (Wildman–Crippen LogP) is 2.39. The summed E-state index contributed by atoms with van der Waals surface area (Å²) in [5.41, 5.74) is 1.28. The molecule has 0 aliphatic carbocycles. The molecule has 1 atom stereocenters. The number of rotatable bonds is 1. The highest BCUT2D eigenvalue weighted by Crippen LogP contribution is 2.23. The van der Waals surface area contributed by atoms with E-state index in [1.807, 2.05) is 6.21 Å². The number of aliphatic imine (C=N–C) groups is 1. The van der Waals surface area contributed by atoms with Crippen LogP contribution >= 0.6 is 0 Å². The molecule has 0 aromatic carbocycles. The average Bonchev–Trinajstić information content (AvgIpc) is 2.33. The molecule has 0 aromatic rings. The van der Waals surface area contributed by atoms with Crippen molar-refractivity contribution in [3.05, 3.63) is 11.8 Å². The molecule has 0 radical (unpaired) electrons. The highest BCUT2D eigenvalue weighted by molar-refractivity contribution is 5.63. The highest BCUT2D eigenvalue weighted by atomic mass is 14.8. The van der Waals surface area contributed by atoms with Crippen molar-refractivity contribution >= 4 is 6.21 Å². The third-order valence-corrected chi connectivity index (χ3v) is 1.84. The van der Waals surface area contributed by atoms with E-state index >= 15 is 0 Å². The minimum absolute atomic E-state index is 0.718. The maximum Gasteiger partial charge on any atom is 0.0391 e. The Bertz CT molecular complexity index is 145. The Balaban J connectivity index is 2.60. The van der Waals surface area contributed by atoms with Crippen LogP contribution in [0, 0.1) is 5.92 Å². The van der Waals surface area contributed by atoms with Crippen molar-refractivity contribution in [2.24, 2.45) is 10.9 Å². The fraction of sp³-hybridized carbons (Fsp3) is 0.625. The highest BCUT2D eigenvalue weighted by Gasteiger charge is 2.13. The van der Waals surface area contributed by atoms with E-state index in [0.717, 1.165) is 12.3 Å². The van der Waals surface area contributed by atoms with Gasteiger partial charge in [0.05, 0.1) is 0 Å². The van der Waals surface area contributed by atoms with Gasteiger partial charge in [0.2, 0.25) is 0 Å². The molecule has 0 saturated carbocycles. The molecule has 1 unspecified atom stereocenters. The van der Waals surface area contributed by atoms with Crippen molar-refractivity contribution in [1.29, 1.82) is 0 Å². The molecule has 0 N–H and O–H groups in total. The molecule has 0 amide bonds. The summed E-state index contributed by atoms with van der Waals surface area (Å²) in [7, 11) is 0. The minimum Gasteiger partial charge on any atom is -0.266 e. The molecule has 1 aliphatic rings. The zero-order valence-corrected chi connectivity index (χ0v) is 6.09. The van der Waals surface area contributed by atoms with Crippen molar-refractivity contribution in [2.75, 3.05) is 0 Å². The van der Waals surface area contributed by atoms with Gasteiger partial charge in [-0.1, -0.05) is 13.0 Å². The van der Waals surface area contributed by atoms with Gasteiger partial charge in [0.25, 0.3) is 0 Å². The summed E-state index contributed by atoms with van der Waals surface area (Å²) in [5, 5.41) is 0. The van der Waals surface area contributed by atoms with Gasteiger partial charge in [0, 0.05) is 17.8 Å². The molecule has 1 heteroatoms. The van der Waals surface area contributed by atoms with Crippen LogP contribution in [0.1, 0.15) is 26.7 Å². The quantitative estimate of drug-likeness (QED) is 0.507. The van der Waals surface area contributed by atoms with Crippen molar-refractivity contribution in [3.8, 4) is 0 Å². The first kappa shape index (κ1) is 6.53. The van der Waals surface area contributed by atoms with Crippen molar-refractivity contribution in [3.63, 3.8) is 0 Å². The monoisotopic (exact) mass is 123 g/mol. The molecular weight excluding hydrogens is 110 g/mol. The summed E-state index contributed by atoms with van der Waals surface area (Å²) in [6, 6.07) is 0. The fourth-order valence-corrected chi connectivity index (χ4v) is 1.20. The first-order chi connectivity index (χ1) is 4.38. The van der Waals surface area contributed by atoms with Gasteiger partial charge >= 0.3 is 0 Å². The van der Waals surface area contributed by atoms with E-state index in [9.17, 15) is 0 Å². The van der Waals surface area contributed by atoms with Gasteiger partial charge in [-0.05, 0) is 19.8 Å². The van der Waals surface area contributed by atoms with E-state index < -0.39 is 0 Å². The Morgan fingerprint density at radius 1 is 1.89 bits per heavy atom. The molecule has 0 fully saturated rings. The number of allylic oxidation sites excluding steroid dienone is 2. The Hall–Kier alpha value is -0.590. The zero-order chi connectivity index (χ0) is 6.69. The lowest BCUT2D eigenvalue weighted by Crippen LogP contribution is -1.93. The number of hydrogen-bond acceptors (Lipinski definition) is 1. The Labute approximate surface area is 56.5 Å². The van der Waals surface area contributed by atoms with Gasteiger partial charge in [0.1, 0.15) is 0 Å². The third-order valence-electron chi connectivity index (χ3n) is 1.84. The van der Waals surface area contributed by atoms with Crippen LogP contribution < -0.4 is 0 Å². The first-order valence-corrected chi connectivity index (χ1v) is 3.57. The van der Waals surface area contributed by atoms with Crippen LogP contribution in [-0.2, 0) is 0 Å². The van der Waals surface area contributed by atoms with E-state index in [-0.39, 0.29) is 0 Å². The minimum atomic E-state index is 0.718. The van der Waals surface area contributed by atoms with Crippen LogP contribution in [0.4, 0.5) is 0 Å². The van der Waals surface area contributed by atoms with E-state index in [2.05, 4.69) is 24.9 Å².